The van der Waals surface area contributed by atoms with Crippen molar-refractivity contribution in [3.8, 4) is 6.07 Å². The Balaban J connectivity index is 0.895. The number of carbonyl (C=O) groups is 1. The van der Waals surface area contributed by atoms with Crippen molar-refractivity contribution >= 4 is 16.1 Å². The van der Waals surface area contributed by atoms with Crippen LogP contribution in [0.5, 0.6) is 0 Å². The van der Waals surface area contributed by atoms with Crippen molar-refractivity contribution in [3.63, 3.8) is 0 Å². The fraction of sp³-hybridized carbons (Fsp3) is 0.583. The maximum absolute atomic E-state index is 13.0. The highest BCUT2D eigenvalue weighted by atomic mass is 32.2. The summed E-state index contributed by atoms with van der Waals surface area (Å²) >= 11 is 0. The molecule has 3 aliphatic heterocycles. The van der Waals surface area contributed by atoms with Crippen molar-refractivity contribution in [1.82, 2.24) is 28.9 Å². The molecule has 7 rings (SSSR count). The molecule has 35 heavy (non-hydrogen) atoms. The Morgan fingerprint density at radius 2 is 1.66 bits per heavy atom. The number of carbonyl (C=O) groups excluding carboxylic acids is 1. The van der Waals surface area contributed by atoms with E-state index in [0.717, 1.165) is 31.8 Å². The van der Waals surface area contributed by atoms with E-state index in [9.17, 15) is 18.5 Å². The van der Waals surface area contributed by atoms with Crippen molar-refractivity contribution in [1.29, 1.82) is 5.26 Å². The molecular formula is C24H27N7O3S. The molecule has 0 radical (unpaired) electrons. The summed E-state index contributed by atoms with van der Waals surface area (Å²) < 4.78 is 29.4. The number of benzene rings is 1. The molecule has 1 aromatic heterocycles. The molecule has 0 bridgehead atoms. The van der Waals surface area contributed by atoms with Gasteiger partial charge in [-0.25, -0.2) is 22.9 Å². The van der Waals surface area contributed by atoms with Crippen LogP contribution < -0.4 is 0 Å². The molecule has 1 aromatic carbocycles. The first-order valence-electron chi connectivity index (χ1n) is 12.2. The molecule has 4 heterocycles. The number of amides is 2. The van der Waals surface area contributed by atoms with E-state index < -0.39 is 10.0 Å². The summed E-state index contributed by atoms with van der Waals surface area (Å²) in [5.41, 5.74) is 0.237. The zero-order chi connectivity index (χ0) is 24.0. The smallest absolute Gasteiger partial charge is 0.320 e. The van der Waals surface area contributed by atoms with Crippen molar-refractivity contribution < 1.29 is 13.2 Å². The minimum atomic E-state index is -3.69. The molecule has 182 valence electrons. The van der Waals surface area contributed by atoms with Gasteiger partial charge >= 0.3 is 6.03 Å². The molecular weight excluding hydrogens is 466 g/mol. The summed E-state index contributed by atoms with van der Waals surface area (Å²) in [5.74, 6) is 1.55. The lowest BCUT2D eigenvalue weighted by molar-refractivity contribution is -0.101. The normalized spacial score (nSPS) is 24.9. The van der Waals surface area contributed by atoms with E-state index in [-0.39, 0.29) is 27.3 Å². The second-order valence-electron chi connectivity index (χ2n) is 11.3. The fourth-order valence-electron chi connectivity index (χ4n) is 6.37. The van der Waals surface area contributed by atoms with E-state index in [2.05, 4.69) is 10.1 Å². The van der Waals surface area contributed by atoms with Crippen molar-refractivity contribution in [3.05, 3.63) is 42.0 Å². The molecule has 5 fully saturated rings. The molecule has 2 amide bonds. The van der Waals surface area contributed by atoms with Crippen LogP contribution in [0, 0.1) is 22.2 Å². The predicted octanol–water partition coefficient (Wildman–Crippen LogP) is 1.79. The van der Waals surface area contributed by atoms with Gasteiger partial charge in [-0.2, -0.15) is 14.7 Å². The van der Waals surface area contributed by atoms with Crippen LogP contribution in [0.4, 0.5) is 4.79 Å². The maximum atomic E-state index is 13.0. The maximum Gasteiger partial charge on any atom is 0.320 e. The lowest BCUT2D eigenvalue weighted by atomic mass is 9.60. The molecule has 2 aromatic rings. The predicted molar refractivity (Wildman–Crippen MR) is 124 cm³/mol. The Kier molecular flexibility index (Phi) is 4.29. The average Bonchev–Trinajstić information content (AvgIpc) is 3.47. The first kappa shape index (κ1) is 21.3. The minimum Gasteiger partial charge on any atom is -0.323 e. The van der Waals surface area contributed by atoms with Crippen LogP contribution in [0.1, 0.15) is 49.0 Å². The number of sulfonamides is 1. The quantitative estimate of drug-likeness (QED) is 0.641. The third-order valence-corrected chi connectivity index (χ3v) is 10.3. The van der Waals surface area contributed by atoms with E-state index in [4.69, 9.17) is 0 Å². The number of hydrogen-bond acceptors (Lipinski definition) is 6. The topological polar surface area (TPSA) is 115 Å². The van der Waals surface area contributed by atoms with Gasteiger partial charge in [0, 0.05) is 56.0 Å². The molecule has 2 aliphatic carbocycles. The molecule has 11 heteroatoms. The van der Waals surface area contributed by atoms with Crippen molar-refractivity contribution in [2.45, 2.75) is 42.5 Å². The Hall–Kier alpha value is -2.97. The Bertz CT molecular complexity index is 1350. The second kappa shape index (κ2) is 7.04. The fourth-order valence-corrected chi connectivity index (χ4v) is 8.18. The lowest BCUT2D eigenvalue weighted by Gasteiger charge is -2.63. The average molecular weight is 494 g/mol. The monoisotopic (exact) mass is 493 g/mol. The van der Waals surface area contributed by atoms with Gasteiger partial charge in [-0.1, -0.05) is 12.1 Å². The zero-order valence-corrected chi connectivity index (χ0v) is 20.2. The summed E-state index contributed by atoms with van der Waals surface area (Å²) in [6.07, 6.45) is 6.37. The number of rotatable bonds is 4. The molecule has 3 saturated heterocycles. The van der Waals surface area contributed by atoms with E-state index in [1.54, 1.807) is 12.1 Å². The molecule has 0 unspecified atom stereocenters. The summed E-state index contributed by atoms with van der Waals surface area (Å²) in [6, 6.07) is 8.73. The number of aromatic nitrogens is 3. The summed E-state index contributed by atoms with van der Waals surface area (Å²) in [7, 11) is -3.69. The standard InChI is InChI=1S/C24H27N7O3S/c25-9-18-3-1-2-4-20(18)35(33,34)30-14-24(15-30)12-29(13-24)22(32)28-10-23(11-28)7-19(8-23)31-16-26-21(27-31)17-5-6-17/h1-4,16-17,19H,5-8,10-15H2. The lowest BCUT2D eigenvalue weighted by Crippen LogP contribution is -2.76. The van der Waals surface area contributed by atoms with Crippen molar-refractivity contribution in [2.75, 3.05) is 39.3 Å². The van der Waals surface area contributed by atoms with Crippen molar-refractivity contribution in [2.24, 2.45) is 10.8 Å². The number of likely N-dealkylation sites (tertiary alicyclic amines) is 2. The molecule has 0 N–H and O–H groups in total. The zero-order valence-electron chi connectivity index (χ0n) is 19.4. The second-order valence-corrected chi connectivity index (χ2v) is 13.2. The van der Waals surface area contributed by atoms with Gasteiger partial charge in [0.1, 0.15) is 12.4 Å². The molecule has 5 aliphatic rings. The van der Waals surface area contributed by atoms with E-state index in [1.165, 1.54) is 29.3 Å². The molecule has 0 atom stereocenters. The van der Waals surface area contributed by atoms with Gasteiger partial charge in [-0.05, 0) is 37.8 Å². The van der Waals surface area contributed by atoms with Crippen LogP contribution in [0.3, 0.4) is 0 Å². The van der Waals surface area contributed by atoms with Gasteiger partial charge in [0.2, 0.25) is 10.0 Å². The van der Waals surface area contributed by atoms with E-state index >= 15 is 0 Å². The highest BCUT2D eigenvalue weighted by Crippen LogP contribution is 2.54. The summed E-state index contributed by atoms with van der Waals surface area (Å²) in [5, 5.41) is 13.9. The summed E-state index contributed by atoms with van der Waals surface area (Å²) in [4.78, 5) is 21.2. The number of nitrogens with zero attached hydrogens (tertiary/aromatic N) is 7. The van der Waals surface area contributed by atoms with Gasteiger partial charge in [-0.15, -0.1) is 0 Å². The Morgan fingerprint density at radius 3 is 2.31 bits per heavy atom. The molecule has 2 spiro atoms. The molecule has 2 saturated carbocycles. The Labute approximate surface area is 204 Å². The van der Waals surface area contributed by atoms with Gasteiger partial charge < -0.3 is 9.80 Å². The van der Waals surface area contributed by atoms with Crippen LogP contribution >= 0.6 is 0 Å². The van der Waals surface area contributed by atoms with Crippen LogP contribution in [0.2, 0.25) is 0 Å². The summed E-state index contributed by atoms with van der Waals surface area (Å²) in [6.45, 7) is 3.55. The minimum absolute atomic E-state index is 0.0592. The first-order chi connectivity index (χ1) is 16.8. The highest BCUT2D eigenvalue weighted by Gasteiger charge is 2.60. The van der Waals surface area contributed by atoms with Crippen LogP contribution in [-0.2, 0) is 10.0 Å². The van der Waals surface area contributed by atoms with Gasteiger partial charge in [-0.3, -0.25) is 0 Å². The van der Waals surface area contributed by atoms with Crippen LogP contribution in [-0.4, -0.2) is 82.6 Å². The highest BCUT2D eigenvalue weighted by molar-refractivity contribution is 7.89. The number of urea groups is 1. The Morgan fingerprint density at radius 1 is 1.00 bits per heavy atom. The van der Waals surface area contributed by atoms with Crippen LogP contribution in [0.25, 0.3) is 0 Å². The van der Waals surface area contributed by atoms with Crippen LogP contribution in [0.15, 0.2) is 35.5 Å². The third kappa shape index (κ3) is 3.23. The third-order valence-electron chi connectivity index (χ3n) is 8.48. The van der Waals surface area contributed by atoms with Gasteiger partial charge in [0.05, 0.1) is 16.5 Å². The van der Waals surface area contributed by atoms with E-state index in [0.29, 0.717) is 38.1 Å². The number of nitriles is 1. The van der Waals surface area contributed by atoms with Gasteiger partial charge in [0.25, 0.3) is 0 Å². The largest absolute Gasteiger partial charge is 0.323 e. The van der Waals surface area contributed by atoms with E-state index in [1.807, 2.05) is 26.9 Å². The SMILES string of the molecule is N#Cc1ccccc1S(=O)(=O)N1CC2(CN(C(=O)N3CC4(CC(n5cnc(C6CC6)n5)C4)C3)C2)C1. The molecule has 10 nitrogen and oxygen atoms in total. The number of hydrogen-bond donors (Lipinski definition) is 0. The first-order valence-corrected chi connectivity index (χ1v) is 13.7. The van der Waals surface area contributed by atoms with Gasteiger partial charge in [0.15, 0.2) is 5.82 Å².